The topological polar surface area (TPSA) is 97.2 Å². The van der Waals surface area contributed by atoms with Crippen LogP contribution in [-0.4, -0.2) is 52.0 Å². The zero-order chi connectivity index (χ0) is 17.8. The van der Waals surface area contributed by atoms with E-state index in [-0.39, 0.29) is 24.1 Å². The molecule has 0 aromatic carbocycles. The van der Waals surface area contributed by atoms with Crippen molar-refractivity contribution in [2.75, 3.05) is 24.3 Å². The van der Waals surface area contributed by atoms with Gasteiger partial charge in [0.1, 0.15) is 11.9 Å². The van der Waals surface area contributed by atoms with Gasteiger partial charge in [0.15, 0.2) is 5.75 Å². The summed E-state index contributed by atoms with van der Waals surface area (Å²) < 4.78 is 7.64. The Kier molecular flexibility index (Phi) is 5.01. The van der Waals surface area contributed by atoms with E-state index in [1.54, 1.807) is 23.1 Å². The van der Waals surface area contributed by atoms with Crippen LogP contribution in [0.5, 0.6) is 5.75 Å². The lowest BCUT2D eigenvalue weighted by atomic mass is 10.2. The van der Waals surface area contributed by atoms with Gasteiger partial charge in [-0.15, -0.1) is 0 Å². The van der Waals surface area contributed by atoms with E-state index in [1.807, 2.05) is 32.2 Å². The number of hydrogen-bond acceptors (Lipinski definition) is 6. The van der Waals surface area contributed by atoms with Gasteiger partial charge in [-0.3, -0.25) is 10.00 Å². The van der Waals surface area contributed by atoms with Crippen LogP contribution < -0.4 is 20.3 Å². The molecule has 0 spiro atoms. The third-order valence-corrected chi connectivity index (χ3v) is 4.06. The SMILES string of the molecule is CN(C)c1ccnc(NC(=O)N[C@@H]2CCC[C@@H]2Oc2cnn(C)c2)n1. The molecule has 2 N–H and O–H groups in total. The van der Waals surface area contributed by atoms with Crippen LogP contribution in [0.15, 0.2) is 24.7 Å². The predicted molar refractivity (Wildman–Crippen MR) is 93.8 cm³/mol. The molecule has 3 rings (SSSR count). The molecule has 0 saturated heterocycles. The molecule has 0 radical (unpaired) electrons. The van der Waals surface area contributed by atoms with Gasteiger partial charge in [-0.05, 0) is 25.3 Å². The number of anilines is 2. The van der Waals surface area contributed by atoms with Crippen molar-refractivity contribution < 1.29 is 9.53 Å². The Morgan fingerprint density at radius 2 is 2.24 bits per heavy atom. The molecule has 25 heavy (non-hydrogen) atoms. The molecular formula is C16H23N7O2. The lowest BCUT2D eigenvalue weighted by Crippen LogP contribution is -2.44. The lowest BCUT2D eigenvalue weighted by molar-refractivity contribution is 0.175. The third-order valence-electron chi connectivity index (χ3n) is 4.06. The van der Waals surface area contributed by atoms with Crippen molar-refractivity contribution in [3.63, 3.8) is 0 Å². The molecule has 0 bridgehead atoms. The summed E-state index contributed by atoms with van der Waals surface area (Å²) in [5, 5.41) is 9.73. The predicted octanol–water partition coefficient (Wildman–Crippen LogP) is 1.40. The average molecular weight is 345 g/mol. The zero-order valence-electron chi connectivity index (χ0n) is 14.6. The van der Waals surface area contributed by atoms with Crippen molar-refractivity contribution in [3.05, 3.63) is 24.7 Å². The van der Waals surface area contributed by atoms with Crippen molar-refractivity contribution in [2.45, 2.75) is 31.4 Å². The van der Waals surface area contributed by atoms with Gasteiger partial charge in [0.25, 0.3) is 0 Å². The fourth-order valence-corrected chi connectivity index (χ4v) is 2.83. The minimum absolute atomic E-state index is 0.0581. The van der Waals surface area contributed by atoms with Crippen LogP contribution in [0.1, 0.15) is 19.3 Å². The quantitative estimate of drug-likeness (QED) is 0.850. The first kappa shape index (κ1) is 17.0. The fourth-order valence-electron chi connectivity index (χ4n) is 2.83. The monoisotopic (exact) mass is 345 g/mol. The molecule has 134 valence electrons. The first-order valence-electron chi connectivity index (χ1n) is 8.24. The van der Waals surface area contributed by atoms with E-state index in [9.17, 15) is 4.79 Å². The summed E-state index contributed by atoms with van der Waals surface area (Å²) >= 11 is 0. The normalized spacial score (nSPS) is 19.5. The molecule has 1 aliphatic carbocycles. The van der Waals surface area contributed by atoms with E-state index in [4.69, 9.17) is 4.74 Å². The number of nitrogens with zero attached hydrogens (tertiary/aromatic N) is 5. The van der Waals surface area contributed by atoms with Gasteiger partial charge in [-0.1, -0.05) is 0 Å². The zero-order valence-corrected chi connectivity index (χ0v) is 14.6. The Morgan fingerprint density at radius 3 is 2.96 bits per heavy atom. The van der Waals surface area contributed by atoms with Gasteiger partial charge in [-0.25, -0.2) is 9.78 Å². The average Bonchev–Trinajstić information content (AvgIpc) is 3.17. The van der Waals surface area contributed by atoms with Crippen LogP contribution in [-0.2, 0) is 7.05 Å². The fraction of sp³-hybridized carbons (Fsp3) is 0.500. The van der Waals surface area contributed by atoms with Gasteiger partial charge in [0.2, 0.25) is 5.95 Å². The molecule has 2 atom stereocenters. The van der Waals surface area contributed by atoms with E-state index < -0.39 is 0 Å². The van der Waals surface area contributed by atoms with Crippen molar-refractivity contribution in [2.24, 2.45) is 7.05 Å². The number of hydrogen-bond donors (Lipinski definition) is 2. The molecule has 2 aromatic heterocycles. The highest BCUT2D eigenvalue weighted by atomic mass is 16.5. The van der Waals surface area contributed by atoms with Gasteiger partial charge < -0.3 is 15.0 Å². The molecule has 1 aliphatic rings. The lowest BCUT2D eigenvalue weighted by Gasteiger charge is -2.21. The number of amides is 2. The van der Waals surface area contributed by atoms with Crippen molar-refractivity contribution in [1.82, 2.24) is 25.1 Å². The molecular weight excluding hydrogens is 322 g/mol. The maximum atomic E-state index is 12.3. The summed E-state index contributed by atoms with van der Waals surface area (Å²) in [7, 11) is 5.60. The summed E-state index contributed by atoms with van der Waals surface area (Å²) in [6.07, 6.45) is 7.81. The number of carbonyl (C=O) groups excluding carboxylic acids is 1. The Labute approximate surface area is 146 Å². The van der Waals surface area contributed by atoms with Crippen LogP contribution in [0.2, 0.25) is 0 Å². The van der Waals surface area contributed by atoms with E-state index in [0.717, 1.165) is 25.1 Å². The first-order valence-corrected chi connectivity index (χ1v) is 8.24. The van der Waals surface area contributed by atoms with Gasteiger partial charge in [-0.2, -0.15) is 10.1 Å². The minimum Gasteiger partial charge on any atom is -0.485 e. The molecule has 0 unspecified atom stereocenters. The molecule has 9 heteroatoms. The van der Waals surface area contributed by atoms with E-state index in [1.165, 1.54) is 0 Å². The second kappa shape index (κ2) is 7.37. The van der Waals surface area contributed by atoms with Crippen LogP contribution in [0.3, 0.4) is 0 Å². The standard InChI is InChI=1S/C16H23N7O2/c1-22(2)14-7-8-17-15(20-14)21-16(24)19-12-5-4-6-13(12)25-11-9-18-23(3)10-11/h7-10,12-13H,4-6H2,1-3H3,(H2,17,19,20,21,24)/t12-,13+/m1/s1. The van der Waals surface area contributed by atoms with Crippen LogP contribution in [0, 0.1) is 0 Å². The van der Waals surface area contributed by atoms with E-state index in [0.29, 0.717) is 5.75 Å². The largest absolute Gasteiger partial charge is 0.485 e. The van der Waals surface area contributed by atoms with Crippen molar-refractivity contribution in [1.29, 1.82) is 0 Å². The molecule has 0 aliphatic heterocycles. The van der Waals surface area contributed by atoms with Gasteiger partial charge in [0, 0.05) is 27.3 Å². The summed E-state index contributed by atoms with van der Waals surface area (Å²) in [4.78, 5) is 22.5. The van der Waals surface area contributed by atoms with E-state index >= 15 is 0 Å². The molecule has 1 saturated carbocycles. The Morgan fingerprint density at radius 1 is 1.40 bits per heavy atom. The highest BCUT2D eigenvalue weighted by Gasteiger charge is 2.30. The molecule has 2 aromatic rings. The van der Waals surface area contributed by atoms with Gasteiger partial charge in [0.05, 0.1) is 18.4 Å². The van der Waals surface area contributed by atoms with Gasteiger partial charge >= 0.3 is 6.03 Å². The maximum Gasteiger partial charge on any atom is 0.321 e. The number of carbonyl (C=O) groups is 1. The molecule has 1 fully saturated rings. The summed E-state index contributed by atoms with van der Waals surface area (Å²) in [5.41, 5.74) is 0. The summed E-state index contributed by atoms with van der Waals surface area (Å²) in [6.45, 7) is 0. The Balaban J connectivity index is 1.57. The number of rotatable bonds is 5. The van der Waals surface area contributed by atoms with Crippen molar-refractivity contribution in [3.8, 4) is 5.75 Å². The smallest absolute Gasteiger partial charge is 0.321 e. The Bertz CT molecular complexity index is 731. The van der Waals surface area contributed by atoms with Crippen LogP contribution in [0.4, 0.5) is 16.6 Å². The molecule has 2 amide bonds. The number of ether oxygens (including phenoxy) is 1. The van der Waals surface area contributed by atoms with E-state index in [2.05, 4.69) is 25.7 Å². The Hall–Kier alpha value is -2.84. The minimum atomic E-state index is -0.331. The number of nitrogens with one attached hydrogen (secondary N) is 2. The highest BCUT2D eigenvalue weighted by molar-refractivity contribution is 5.87. The highest BCUT2D eigenvalue weighted by Crippen LogP contribution is 2.24. The van der Waals surface area contributed by atoms with Crippen LogP contribution in [0.25, 0.3) is 0 Å². The molecule has 2 heterocycles. The molecule has 9 nitrogen and oxygen atoms in total. The second-order valence-corrected chi connectivity index (χ2v) is 6.27. The van der Waals surface area contributed by atoms with Crippen molar-refractivity contribution >= 4 is 17.8 Å². The number of aryl methyl sites for hydroxylation is 1. The second-order valence-electron chi connectivity index (χ2n) is 6.27. The summed E-state index contributed by atoms with van der Waals surface area (Å²) in [5.74, 6) is 1.71. The van der Waals surface area contributed by atoms with Crippen LogP contribution >= 0.6 is 0 Å². The third kappa shape index (κ3) is 4.37. The maximum absolute atomic E-state index is 12.3. The summed E-state index contributed by atoms with van der Waals surface area (Å²) in [6, 6.07) is 1.39. The number of aromatic nitrogens is 4. The first-order chi connectivity index (χ1) is 12.0. The number of urea groups is 1.